The van der Waals surface area contributed by atoms with Crippen molar-refractivity contribution in [3.05, 3.63) is 30.3 Å². The molecule has 1 rings (SSSR count). The summed E-state index contributed by atoms with van der Waals surface area (Å²) in [6.45, 7) is 0. The number of benzene rings is 1. The van der Waals surface area contributed by atoms with E-state index in [4.69, 9.17) is 12.6 Å². The Balaban J connectivity index is 0.000000490. The Hall–Kier alpha value is -0.0405. The molecule has 0 N–H and O–H groups in total. The summed E-state index contributed by atoms with van der Waals surface area (Å²) in [6, 6.07) is 9.62. The van der Waals surface area contributed by atoms with Crippen LogP contribution in [-0.2, 0) is 29.7 Å². The van der Waals surface area contributed by atoms with E-state index >= 15 is 0 Å². The minimum absolute atomic E-state index is 0. The Labute approximate surface area is 65.2 Å². The van der Waals surface area contributed by atoms with Crippen molar-refractivity contribution in [1.29, 1.82) is 0 Å². The molecule has 0 nitrogen and oxygen atoms in total. The van der Waals surface area contributed by atoms with Crippen molar-refractivity contribution in [2.75, 3.05) is 0 Å². The first-order valence-corrected chi connectivity index (χ1v) is 2.52. The van der Waals surface area contributed by atoms with E-state index < -0.39 is 0 Å². The molecule has 0 atom stereocenters. The van der Waals surface area contributed by atoms with Crippen molar-refractivity contribution in [3.8, 4) is 0 Å². The molecule has 0 bridgehead atoms. The molecular formula is C6H5FeS-. The quantitative estimate of drug-likeness (QED) is 0.415. The molecule has 0 aliphatic heterocycles. The van der Waals surface area contributed by atoms with Gasteiger partial charge in [-0.15, -0.1) is 0 Å². The van der Waals surface area contributed by atoms with Gasteiger partial charge in [-0.25, -0.2) is 0 Å². The summed E-state index contributed by atoms with van der Waals surface area (Å²) in [5.41, 5.74) is 0. The minimum Gasteiger partial charge on any atom is -0.780 e. The Morgan fingerprint density at radius 1 is 1.00 bits per heavy atom. The molecule has 0 aliphatic carbocycles. The van der Waals surface area contributed by atoms with Gasteiger partial charge in [0.15, 0.2) is 0 Å². The largest absolute Gasteiger partial charge is 0.780 e. The summed E-state index contributed by atoms with van der Waals surface area (Å²) in [5, 5.41) is 0. The second-order valence-electron chi connectivity index (χ2n) is 1.31. The average molecular weight is 165 g/mol. The van der Waals surface area contributed by atoms with Crippen LogP contribution in [0.3, 0.4) is 0 Å². The van der Waals surface area contributed by atoms with Gasteiger partial charge in [-0.2, -0.15) is 4.90 Å². The Morgan fingerprint density at radius 3 is 1.75 bits per heavy atom. The molecule has 1 aromatic carbocycles. The maximum absolute atomic E-state index is 4.81. The SMILES string of the molecule is [Fe].[S-]c1ccccc1. The first kappa shape index (κ1) is 7.96. The Bertz CT molecular complexity index is 138. The molecule has 0 aromatic heterocycles. The average Bonchev–Trinajstić information content (AvgIpc) is 1.69. The topological polar surface area (TPSA) is 0 Å². The van der Waals surface area contributed by atoms with Crippen LogP contribution in [0.1, 0.15) is 0 Å². The molecule has 0 unspecified atom stereocenters. The molecule has 0 radical (unpaired) electrons. The summed E-state index contributed by atoms with van der Waals surface area (Å²) < 4.78 is 0. The minimum atomic E-state index is 0. The maximum Gasteiger partial charge on any atom is 0 e. The van der Waals surface area contributed by atoms with E-state index in [1.807, 2.05) is 30.3 Å². The predicted molar refractivity (Wildman–Crippen MR) is 32.1 cm³/mol. The van der Waals surface area contributed by atoms with Crippen LogP contribution >= 0.6 is 0 Å². The second-order valence-corrected chi connectivity index (χ2v) is 1.78. The summed E-state index contributed by atoms with van der Waals surface area (Å²) in [6.07, 6.45) is 0. The molecule has 2 heteroatoms. The van der Waals surface area contributed by atoms with Crippen molar-refractivity contribution in [2.24, 2.45) is 0 Å². The van der Waals surface area contributed by atoms with Crippen LogP contribution in [0.25, 0.3) is 0 Å². The van der Waals surface area contributed by atoms with E-state index in [2.05, 4.69) is 0 Å². The van der Waals surface area contributed by atoms with Gasteiger partial charge in [0.1, 0.15) is 0 Å². The van der Waals surface area contributed by atoms with Gasteiger partial charge >= 0.3 is 0 Å². The normalized spacial score (nSPS) is 7.50. The van der Waals surface area contributed by atoms with E-state index in [0.29, 0.717) is 0 Å². The maximum atomic E-state index is 4.81. The first-order chi connectivity index (χ1) is 3.39. The zero-order chi connectivity index (χ0) is 5.11. The molecule has 44 valence electrons. The third kappa shape index (κ3) is 2.31. The van der Waals surface area contributed by atoms with Crippen molar-refractivity contribution in [3.63, 3.8) is 0 Å². The molecule has 0 amide bonds. The fourth-order valence-electron chi connectivity index (χ4n) is 0.420. The Kier molecular flexibility index (Phi) is 3.88. The van der Waals surface area contributed by atoms with Crippen molar-refractivity contribution >= 4 is 12.6 Å². The molecule has 1 aromatic rings. The summed E-state index contributed by atoms with van der Waals surface area (Å²) in [7, 11) is 0. The summed E-state index contributed by atoms with van der Waals surface area (Å²) in [5.74, 6) is 0. The van der Waals surface area contributed by atoms with E-state index in [9.17, 15) is 0 Å². The molecule has 8 heavy (non-hydrogen) atoms. The van der Waals surface area contributed by atoms with Crippen molar-refractivity contribution in [1.82, 2.24) is 0 Å². The third-order valence-corrected chi connectivity index (χ3v) is 1.02. The zero-order valence-corrected chi connectivity index (χ0v) is 6.07. The van der Waals surface area contributed by atoms with Crippen LogP contribution in [0.5, 0.6) is 0 Å². The van der Waals surface area contributed by atoms with E-state index in [-0.39, 0.29) is 17.1 Å². The van der Waals surface area contributed by atoms with Gasteiger partial charge in [-0.05, 0) is 0 Å². The van der Waals surface area contributed by atoms with Gasteiger partial charge in [0.25, 0.3) is 0 Å². The van der Waals surface area contributed by atoms with Crippen LogP contribution in [-0.4, -0.2) is 0 Å². The molecular weight excluding hydrogens is 160 g/mol. The standard InChI is InChI=1S/C6H6S.Fe/c7-6-4-2-1-3-5-6;/h1-5,7H;/p-1. The van der Waals surface area contributed by atoms with Gasteiger partial charge in [0.2, 0.25) is 0 Å². The second kappa shape index (κ2) is 3.90. The molecule has 0 spiro atoms. The molecule has 0 saturated carbocycles. The zero-order valence-electron chi connectivity index (χ0n) is 4.15. The molecule has 0 heterocycles. The predicted octanol–water partition coefficient (Wildman–Crippen LogP) is 1.59. The molecule has 0 saturated heterocycles. The fraction of sp³-hybridized carbons (Fsp3) is 0. The van der Waals surface area contributed by atoms with Crippen LogP contribution < -0.4 is 0 Å². The fourth-order valence-corrected chi connectivity index (χ4v) is 0.578. The van der Waals surface area contributed by atoms with Crippen LogP contribution in [0, 0.1) is 0 Å². The number of hydrogen-bond donors (Lipinski definition) is 0. The monoisotopic (exact) mass is 165 g/mol. The summed E-state index contributed by atoms with van der Waals surface area (Å²) in [4.78, 5) is 0.905. The van der Waals surface area contributed by atoms with Crippen molar-refractivity contribution < 1.29 is 17.1 Å². The van der Waals surface area contributed by atoms with Gasteiger partial charge in [0.05, 0.1) is 0 Å². The van der Waals surface area contributed by atoms with E-state index in [1.54, 1.807) is 0 Å². The summed E-state index contributed by atoms with van der Waals surface area (Å²) >= 11 is 4.81. The van der Waals surface area contributed by atoms with Gasteiger partial charge < -0.3 is 12.6 Å². The number of rotatable bonds is 0. The van der Waals surface area contributed by atoms with E-state index in [1.165, 1.54) is 0 Å². The van der Waals surface area contributed by atoms with Gasteiger partial charge in [0, 0.05) is 17.1 Å². The third-order valence-electron chi connectivity index (χ3n) is 0.743. The van der Waals surface area contributed by atoms with Crippen LogP contribution in [0.4, 0.5) is 0 Å². The first-order valence-electron chi connectivity index (χ1n) is 2.11. The van der Waals surface area contributed by atoms with Crippen LogP contribution in [0.15, 0.2) is 35.2 Å². The van der Waals surface area contributed by atoms with E-state index in [0.717, 1.165) is 4.90 Å². The van der Waals surface area contributed by atoms with Crippen molar-refractivity contribution in [2.45, 2.75) is 4.90 Å². The van der Waals surface area contributed by atoms with Gasteiger partial charge in [-0.3, -0.25) is 0 Å². The molecule has 0 aliphatic rings. The smallest absolute Gasteiger partial charge is 0 e. The number of hydrogen-bond acceptors (Lipinski definition) is 1. The van der Waals surface area contributed by atoms with Gasteiger partial charge in [-0.1, -0.05) is 30.3 Å². The Morgan fingerprint density at radius 2 is 1.50 bits per heavy atom. The van der Waals surface area contributed by atoms with Crippen LogP contribution in [0.2, 0.25) is 0 Å². The molecule has 0 fully saturated rings.